The Morgan fingerprint density at radius 1 is 1.00 bits per heavy atom. The predicted molar refractivity (Wildman–Crippen MR) is 83.7 cm³/mol. The highest BCUT2D eigenvalue weighted by Crippen LogP contribution is 2.10. The van der Waals surface area contributed by atoms with Crippen LogP contribution in [0.4, 0.5) is 11.6 Å². The third kappa shape index (κ3) is 3.60. The van der Waals surface area contributed by atoms with Gasteiger partial charge < -0.3 is 15.1 Å². The minimum atomic E-state index is -0.651. The number of nitrogens with zero attached hydrogens (tertiary/aromatic N) is 5. The molecule has 8 heteroatoms. The van der Waals surface area contributed by atoms with E-state index in [2.05, 4.69) is 20.3 Å². The zero-order chi connectivity index (χ0) is 16.1. The second-order valence-corrected chi connectivity index (χ2v) is 5.02. The molecule has 2 amide bonds. The van der Waals surface area contributed by atoms with Crippen molar-refractivity contribution in [1.29, 1.82) is 0 Å². The van der Waals surface area contributed by atoms with E-state index in [-0.39, 0.29) is 0 Å². The van der Waals surface area contributed by atoms with E-state index in [1.54, 1.807) is 36.8 Å². The number of hydrogen-bond acceptors (Lipinski definition) is 6. The number of amides is 2. The molecule has 23 heavy (non-hydrogen) atoms. The summed E-state index contributed by atoms with van der Waals surface area (Å²) in [4.78, 5) is 40.0. The van der Waals surface area contributed by atoms with Crippen LogP contribution in [0, 0.1) is 0 Å². The van der Waals surface area contributed by atoms with Crippen molar-refractivity contribution in [2.45, 2.75) is 0 Å². The molecular weight excluding hydrogens is 296 g/mol. The molecule has 1 N–H and O–H groups in total. The van der Waals surface area contributed by atoms with Crippen LogP contribution in [0.1, 0.15) is 0 Å². The lowest BCUT2D eigenvalue weighted by Gasteiger charge is -2.34. The molecule has 118 valence electrons. The maximum Gasteiger partial charge on any atom is 0.313 e. The molecule has 0 atom stereocenters. The van der Waals surface area contributed by atoms with E-state index in [0.29, 0.717) is 37.8 Å². The van der Waals surface area contributed by atoms with Gasteiger partial charge in [0.25, 0.3) is 0 Å². The predicted octanol–water partition coefficient (Wildman–Crippen LogP) is 0.159. The van der Waals surface area contributed by atoms with Crippen molar-refractivity contribution >= 4 is 23.5 Å². The van der Waals surface area contributed by atoms with E-state index in [0.717, 1.165) is 0 Å². The van der Waals surface area contributed by atoms with Crippen molar-refractivity contribution in [3.8, 4) is 0 Å². The first-order valence-corrected chi connectivity index (χ1v) is 7.26. The van der Waals surface area contributed by atoms with Crippen molar-refractivity contribution < 1.29 is 9.59 Å². The van der Waals surface area contributed by atoms with Gasteiger partial charge in [0.2, 0.25) is 5.95 Å². The lowest BCUT2D eigenvalue weighted by molar-refractivity contribution is -0.143. The summed E-state index contributed by atoms with van der Waals surface area (Å²) in [5, 5.41) is 2.55. The number of carbonyl (C=O) groups is 2. The van der Waals surface area contributed by atoms with Gasteiger partial charge in [0, 0.05) is 44.8 Å². The van der Waals surface area contributed by atoms with Gasteiger partial charge in [-0.1, -0.05) is 0 Å². The standard InChI is InChI=1S/C15H16N6O2/c22-13(19-12-3-1-4-16-11-12)14(23)20-7-9-21(10-8-20)15-17-5-2-6-18-15/h1-6,11H,7-10H2,(H,19,22). The van der Waals surface area contributed by atoms with Crippen molar-refractivity contribution in [1.82, 2.24) is 19.9 Å². The number of carbonyl (C=O) groups excluding carboxylic acids is 2. The summed E-state index contributed by atoms with van der Waals surface area (Å²) in [5.41, 5.74) is 0.502. The maximum atomic E-state index is 12.2. The number of rotatable bonds is 2. The van der Waals surface area contributed by atoms with Gasteiger partial charge in [0.15, 0.2) is 0 Å². The molecule has 1 saturated heterocycles. The molecule has 0 aliphatic carbocycles. The zero-order valence-electron chi connectivity index (χ0n) is 12.4. The summed E-state index contributed by atoms with van der Waals surface area (Å²) in [5.74, 6) is -0.552. The number of pyridine rings is 1. The minimum Gasteiger partial charge on any atom is -0.337 e. The van der Waals surface area contributed by atoms with E-state index in [9.17, 15) is 9.59 Å². The molecule has 0 bridgehead atoms. The first kappa shape index (κ1) is 14.9. The van der Waals surface area contributed by atoms with Gasteiger partial charge in [-0.2, -0.15) is 0 Å². The molecule has 0 spiro atoms. The molecule has 1 fully saturated rings. The molecule has 1 aliphatic heterocycles. The molecule has 0 unspecified atom stereocenters. The number of piperazine rings is 1. The Morgan fingerprint density at radius 3 is 2.39 bits per heavy atom. The first-order valence-electron chi connectivity index (χ1n) is 7.26. The Labute approximate surface area is 133 Å². The number of nitrogens with one attached hydrogen (secondary N) is 1. The molecule has 0 saturated carbocycles. The molecule has 3 heterocycles. The number of hydrogen-bond donors (Lipinski definition) is 1. The smallest absolute Gasteiger partial charge is 0.313 e. The van der Waals surface area contributed by atoms with Gasteiger partial charge in [-0.25, -0.2) is 9.97 Å². The highest BCUT2D eigenvalue weighted by molar-refractivity contribution is 6.39. The fourth-order valence-corrected chi connectivity index (χ4v) is 2.33. The fourth-order valence-electron chi connectivity index (χ4n) is 2.33. The topological polar surface area (TPSA) is 91.3 Å². The summed E-state index contributed by atoms with van der Waals surface area (Å²) in [6.45, 7) is 2.10. The van der Waals surface area contributed by atoms with Gasteiger partial charge in [-0.15, -0.1) is 0 Å². The molecule has 2 aromatic rings. The second kappa shape index (κ2) is 6.82. The average molecular weight is 312 g/mol. The Morgan fingerprint density at radius 2 is 1.74 bits per heavy atom. The van der Waals surface area contributed by atoms with E-state index in [1.165, 1.54) is 11.1 Å². The lowest BCUT2D eigenvalue weighted by atomic mass is 10.3. The Balaban J connectivity index is 1.55. The van der Waals surface area contributed by atoms with Crippen LogP contribution in [-0.4, -0.2) is 57.8 Å². The van der Waals surface area contributed by atoms with Gasteiger partial charge in [-0.05, 0) is 18.2 Å². The highest BCUT2D eigenvalue weighted by atomic mass is 16.2. The molecule has 0 aromatic carbocycles. The average Bonchev–Trinajstić information content (AvgIpc) is 2.63. The summed E-state index contributed by atoms with van der Waals surface area (Å²) in [6, 6.07) is 5.13. The summed E-state index contributed by atoms with van der Waals surface area (Å²) in [7, 11) is 0. The van der Waals surface area contributed by atoms with Crippen molar-refractivity contribution in [2.24, 2.45) is 0 Å². The summed E-state index contributed by atoms with van der Waals surface area (Å²) < 4.78 is 0. The van der Waals surface area contributed by atoms with Crippen LogP contribution in [0.3, 0.4) is 0 Å². The Hall–Kier alpha value is -3.03. The quantitative estimate of drug-likeness (QED) is 0.794. The number of aromatic nitrogens is 3. The van der Waals surface area contributed by atoms with Gasteiger partial charge in [-0.3, -0.25) is 14.6 Å². The summed E-state index contributed by atoms with van der Waals surface area (Å²) in [6.07, 6.45) is 6.46. The van der Waals surface area contributed by atoms with E-state index in [1.807, 2.05) is 4.90 Å². The van der Waals surface area contributed by atoms with Crippen molar-refractivity contribution in [2.75, 3.05) is 36.4 Å². The fraction of sp³-hybridized carbons (Fsp3) is 0.267. The van der Waals surface area contributed by atoms with Crippen LogP contribution in [0.5, 0.6) is 0 Å². The Kier molecular flexibility index (Phi) is 4.41. The van der Waals surface area contributed by atoms with Crippen LogP contribution in [0.25, 0.3) is 0 Å². The van der Waals surface area contributed by atoms with E-state index >= 15 is 0 Å². The Bertz CT molecular complexity index is 671. The SMILES string of the molecule is O=C(Nc1cccnc1)C(=O)N1CCN(c2ncccn2)CC1. The zero-order valence-corrected chi connectivity index (χ0v) is 12.4. The van der Waals surface area contributed by atoms with Crippen LogP contribution in [-0.2, 0) is 9.59 Å². The van der Waals surface area contributed by atoms with Gasteiger partial charge in [0.05, 0.1) is 11.9 Å². The lowest BCUT2D eigenvalue weighted by Crippen LogP contribution is -2.52. The van der Waals surface area contributed by atoms with Crippen LogP contribution >= 0.6 is 0 Å². The van der Waals surface area contributed by atoms with Gasteiger partial charge in [0.1, 0.15) is 0 Å². The van der Waals surface area contributed by atoms with E-state index in [4.69, 9.17) is 0 Å². The van der Waals surface area contributed by atoms with Crippen LogP contribution < -0.4 is 10.2 Å². The summed E-state index contributed by atoms with van der Waals surface area (Å²) >= 11 is 0. The monoisotopic (exact) mass is 312 g/mol. The normalized spacial score (nSPS) is 14.4. The molecule has 8 nitrogen and oxygen atoms in total. The first-order chi connectivity index (χ1) is 11.2. The minimum absolute atomic E-state index is 0.456. The highest BCUT2D eigenvalue weighted by Gasteiger charge is 2.26. The molecule has 3 rings (SSSR count). The largest absolute Gasteiger partial charge is 0.337 e. The third-order valence-electron chi connectivity index (χ3n) is 3.52. The van der Waals surface area contributed by atoms with Crippen LogP contribution in [0.2, 0.25) is 0 Å². The maximum absolute atomic E-state index is 12.2. The van der Waals surface area contributed by atoms with Crippen LogP contribution in [0.15, 0.2) is 43.0 Å². The van der Waals surface area contributed by atoms with Gasteiger partial charge >= 0.3 is 11.8 Å². The molecule has 0 radical (unpaired) electrons. The second-order valence-electron chi connectivity index (χ2n) is 5.02. The third-order valence-corrected chi connectivity index (χ3v) is 3.52. The van der Waals surface area contributed by atoms with Crippen molar-refractivity contribution in [3.63, 3.8) is 0 Å². The number of anilines is 2. The van der Waals surface area contributed by atoms with E-state index < -0.39 is 11.8 Å². The molecule has 1 aliphatic rings. The molecule has 2 aromatic heterocycles. The van der Waals surface area contributed by atoms with Crippen molar-refractivity contribution in [3.05, 3.63) is 43.0 Å². The molecular formula is C15H16N6O2.